The van der Waals surface area contributed by atoms with Crippen LogP contribution in [-0.4, -0.2) is 77.2 Å². The molecular formula is C26H33N5O. The van der Waals surface area contributed by atoms with Crippen molar-refractivity contribution in [3.8, 4) is 16.9 Å². The molecule has 6 heteroatoms. The van der Waals surface area contributed by atoms with Gasteiger partial charge in [-0.2, -0.15) is 0 Å². The van der Waals surface area contributed by atoms with E-state index in [-0.39, 0.29) is 0 Å². The average molecular weight is 432 g/mol. The van der Waals surface area contributed by atoms with Gasteiger partial charge in [-0.15, -0.1) is 0 Å². The molecule has 2 aliphatic heterocycles. The van der Waals surface area contributed by atoms with Gasteiger partial charge in [0.2, 0.25) is 0 Å². The standard InChI is InChI=1S/C26H33N5O/c1-19-15-22(16-20(2)26(19)32)21-5-6-23-24(17-21)28-25(18-27-23)31-13-11-30(12-14-31)10-9-29-7-3-4-8-29/h5-6,15-18,32H,3-4,7-14H2,1-2H3. The Labute approximate surface area is 190 Å². The molecule has 1 N–H and O–H groups in total. The zero-order valence-electron chi connectivity index (χ0n) is 19.2. The number of hydrogen-bond acceptors (Lipinski definition) is 6. The largest absolute Gasteiger partial charge is 0.507 e. The normalized spacial score (nSPS) is 18.0. The minimum Gasteiger partial charge on any atom is -0.507 e. The Hall–Kier alpha value is -2.70. The number of nitrogens with zero attached hydrogens (tertiary/aromatic N) is 5. The fourth-order valence-electron chi connectivity index (χ4n) is 4.95. The van der Waals surface area contributed by atoms with Gasteiger partial charge in [0, 0.05) is 39.3 Å². The van der Waals surface area contributed by atoms with Gasteiger partial charge >= 0.3 is 0 Å². The Morgan fingerprint density at radius 2 is 1.44 bits per heavy atom. The van der Waals surface area contributed by atoms with Crippen LogP contribution < -0.4 is 4.90 Å². The first-order valence-electron chi connectivity index (χ1n) is 11.8. The lowest BCUT2D eigenvalue weighted by Crippen LogP contribution is -2.48. The molecule has 2 fully saturated rings. The molecule has 32 heavy (non-hydrogen) atoms. The molecule has 0 radical (unpaired) electrons. The minimum atomic E-state index is 0.371. The van der Waals surface area contributed by atoms with Crippen molar-refractivity contribution >= 4 is 16.9 Å². The highest BCUT2D eigenvalue weighted by Gasteiger charge is 2.20. The number of fused-ring (bicyclic) bond motifs is 1. The van der Waals surface area contributed by atoms with Crippen LogP contribution in [0.4, 0.5) is 5.82 Å². The van der Waals surface area contributed by atoms with E-state index in [0.29, 0.717) is 5.75 Å². The van der Waals surface area contributed by atoms with Crippen molar-refractivity contribution < 1.29 is 5.11 Å². The molecule has 2 saturated heterocycles. The quantitative estimate of drug-likeness (QED) is 0.663. The van der Waals surface area contributed by atoms with Crippen LogP contribution in [0.1, 0.15) is 24.0 Å². The molecule has 168 valence electrons. The number of aromatic nitrogens is 2. The Morgan fingerprint density at radius 3 is 2.12 bits per heavy atom. The molecule has 0 amide bonds. The average Bonchev–Trinajstić information content (AvgIpc) is 3.34. The molecule has 0 unspecified atom stereocenters. The second kappa shape index (κ2) is 9.04. The van der Waals surface area contributed by atoms with E-state index < -0.39 is 0 Å². The fourth-order valence-corrected chi connectivity index (χ4v) is 4.95. The van der Waals surface area contributed by atoms with Crippen molar-refractivity contribution in [3.05, 3.63) is 47.7 Å². The monoisotopic (exact) mass is 431 g/mol. The van der Waals surface area contributed by atoms with Gasteiger partial charge in [0.1, 0.15) is 11.6 Å². The van der Waals surface area contributed by atoms with Gasteiger partial charge in [-0.3, -0.25) is 9.88 Å². The summed E-state index contributed by atoms with van der Waals surface area (Å²) in [6, 6.07) is 10.3. The van der Waals surface area contributed by atoms with Gasteiger partial charge in [-0.05, 0) is 86.3 Å². The molecule has 6 nitrogen and oxygen atoms in total. The topological polar surface area (TPSA) is 55.7 Å². The van der Waals surface area contributed by atoms with Crippen LogP contribution in [0.5, 0.6) is 5.75 Å². The van der Waals surface area contributed by atoms with E-state index in [1.807, 2.05) is 38.2 Å². The maximum atomic E-state index is 10.1. The molecule has 3 heterocycles. The number of phenolic OH excluding ortho intramolecular Hbond substituents is 1. The summed E-state index contributed by atoms with van der Waals surface area (Å²) >= 11 is 0. The summed E-state index contributed by atoms with van der Waals surface area (Å²) < 4.78 is 0. The molecule has 2 aromatic carbocycles. The molecule has 0 atom stereocenters. The number of benzene rings is 2. The van der Waals surface area contributed by atoms with Gasteiger partial charge in [-0.1, -0.05) is 6.07 Å². The van der Waals surface area contributed by atoms with Crippen molar-refractivity contribution in [2.24, 2.45) is 0 Å². The van der Waals surface area contributed by atoms with Crippen LogP contribution in [-0.2, 0) is 0 Å². The van der Waals surface area contributed by atoms with E-state index in [4.69, 9.17) is 4.98 Å². The molecular weight excluding hydrogens is 398 g/mol. The van der Waals surface area contributed by atoms with Crippen LogP contribution in [0.15, 0.2) is 36.5 Å². The zero-order chi connectivity index (χ0) is 22.1. The van der Waals surface area contributed by atoms with Gasteiger partial charge in [-0.25, -0.2) is 4.98 Å². The lowest BCUT2D eigenvalue weighted by Gasteiger charge is -2.36. The Bertz CT molecular complexity index is 1080. The maximum Gasteiger partial charge on any atom is 0.147 e. The lowest BCUT2D eigenvalue weighted by atomic mass is 9.99. The number of aromatic hydroxyl groups is 1. The van der Waals surface area contributed by atoms with Crippen molar-refractivity contribution in [3.63, 3.8) is 0 Å². The first-order chi connectivity index (χ1) is 15.6. The van der Waals surface area contributed by atoms with E-state index in [1.165, 1.54) is 39.0 Å². The molecule has 3 aromatic rings. The number of rotatable bonds is 5. The minimum absolute atomic E-state index is 0.371. The first-order valence-corrected chi connectivity index (χ1v) is 11.8. The number of likely N-dealkylation sites (tertiary alicyclic amines) is 1. The zero-order valence-corrected chi connectivity index (χ0v) is 19.2. The highest BCUT2D eigenvalue weighted by Crippen LogP contribution is 2.30. The number of anilines is 1. The summed E-state index contributed by atoms with van der Waals surface area (Å²) in [4.78, 5) is 17.2. The summed E-state index contributed by atoms with van der Waals surface area (Å²) in [5, 5.41) is 10.1. The molecule has 0 bridgehead atoms. The highest BCUT2D eigenvalue weighted by atomic mass is 16.3. The first kappa shape index (κ1) is 21.2. The van der Waals surface area contributed by atoms with Crippen LogP contribution in [0.2, 0.25) is 0 Å². The van der Waals surface area contributed by atoms with Crippen molar-refractivity contribution in [2.45, 2.75) is 26.7 Å². The summed E-state index contributed by atoms with van der Waals surface area (Å²) in [5.41, 5.74) is 5.80. The third-order valence-electron chi connectivity index (χ3n) is 6.98. The van der Waals surface area contributed by atoms with E-state index >= 15 is 0 Å². The number of phenols is 1. The molecule has 5 rings (SSSR count). The van der Waals surface area contributed by atoms with E-state index in [1.54, 1.807) is 0 Å². The Kier molecular flexibility index (Phi) is 5.98. The summed E-state index contributed by atoms with van der Waals surface area (Å²) in [5.74, 6) is 1.34. The van der Waals surface area contributed by atoms with Gasteiger partial charge < -0.3 is 14.9 Å². The van der Waals surface area contributed by atoms with E-state index in [9.17, 15) is 5.11 Å². The molecule has 0 aliphatic carbocycles. The summed E-state index contributed by atoms with van der Waals surface area (Å²) in [7, 11) is 0. The fraction of sp³-hybridized carbons (Fsp3) is 0.462. The predicted octanol–water partition coefficient (Wildman–Crippen LogP) is 3.84. The molecule has 0 saturated carbocycles. The van der Waals surface area contributed by atoms with E-state index in [2.05, 4.69) is 31.8 Å². The van der Waals surface area contributed by atoms with Crippen LogP contribution in [0.25, 0.3) is 22.2 Å². The Morgan fingerprint density at radius 1 is 0.781 bits per heavy atom. The SMILES string of the molecule is Cc1cc(-c2ccc3ncc(N4CCN(CCN5CCCC5)CC4)nc3c2)cc(C)c1O. The molecule has 1 aromatic heterocycles. The van der Waals surface area contributed by atoms with Gasteiger partial charge in [0.15, 0.2) is 0 Å². The maximum absolute atomic E-state index is 10.1. The lowest BCUT2D eigenvalue weighted by molar-refractivity contribution is 0.215. The number of hydrogen-bond donors (Lipinski definition) is 1. The number of aryl methyl sites for hydroxylation is 2. The summed E-state index contributed by atoms with van der Waals surface area (Å²) in [6.45, 7) is 13.0. The molecule has 0 spiro atoms. The summed E-state index contributed by atoms with van der Waals surface area (Å²) in [6.07, 6.45) is 4.64. The van der Waals surface area contributed by atoms with Crippen molar-refractivity contribution in [1.29, 1.82) is 0 Å². The second-order valence-corrected chi connectivity index (χ2v) is 9.27. The number of piperazine rings is 1. The van der Waals surface area contributed by atoms with Crippen molar-refractivity contribution in [2.75, 3.05) is 57.3 Å². The van der Waals surface area contributed by atoms with E-state index in [0.717, 1.165) is 65.3 Å². The third kappa shape index (κ3) is 4.43. The van der Waals surface area contributed by atoms with Gasteiger partial charge in [0.05, 0.1) is 17.2 Å². The van der Waals surface area contributed by atoms with Crippen LogP contribution >= 0.6 is 0 Å². The van der Waals surface area contributed by atoms with Crippen molar-refractivity contribution in [1.82, 2.24) is 19.8 Å². The van der Waals surface area contributed by atoms with Gasteiger partial charge in [0.25, 0.3) is 0 Å². The Balaban J connectivity index is 1.29. The highest BCUT2D eigenvalue weighted by molar-refractivity contribution is 5.82. The molecule has 2 aliphatic rings. The second-order valence-electron chi connectivity index (χ2n) is 9.27. The van der Waals surface area contributed by atoms with Crippen LogP contribution in [0.3, 0.4) is 0 Å². The predicted molar refractivity (Wildman–Crippen MR) is 130 cm³/mol. The smallest absolute Gasteiger partial charge is 0.147 e. The van der Waals surface area contributed by atoms with Crippen LogP contribution in [0, 0.1) is 13.8 Å². The third-order valence-corrected chi connectivity index (χ3v) is 6.98.